The first-order valence-electron chi connectivity index (χ1n) is 6.32. The van der Waals surface area contributed by atoms with E-state index in [1.807, 2.05) is 6.92 Å². The number of aryl methyl sites for hydroxylation is 1. The zero-order valence-electron chi connectivity index (χ0n) is 11.6. The zero-order valence-corrected chi connectivity index (χ0v) is 12.3. The third-order valence-corrected chi connectivity index (χ3v) is 3.66. The third-order valence-electron chi connectivity index (χ3n) is 3.44. The first-order valence-corrected chi connectivity index (χ1v) is 6.85. The van der Waals surface area contributed by atoms with E-state index in [4.69, 9.17) is 16.3 Å². The lowest BCUT2D eigenvalue weighted by Crippen LogP contribution is -2.05. The van der Waals surface area contributed by atoms with Gasteiger partial charge >= 0.3 is 0 Å². The summed E-state index contributed by atoms with van der Waals surface area (Å²) in [5.74, 6) is 2.25. The van der Waals surface area contributed by atoms with E-state index in [9.17, 15) is 0 Å². The minimum atomic E-state index is 0.516. The molecule has 0 radical (unpaired) electrons. The van der Waals surface area contributed by atoms with Gasteiger partial charge in [-0.3, -0.25) is 0 Å². The van der Waals surface area contributed by atoms with Gasteiger partial charge in [0.15, 0.2) is 0 Å². The van der Waals surface area contributed by atoms with Crippen LogP contribution in [0, 0.1) is 20.8 Å². The van der Waals surface area contributed by atoms with E-state index >= 15 is 0 Å². The second kappa shape index (κ2) is 6.30. The highest BCUT2D eigenvalue weighted by Crippen LogP contribution is 2.33. The van der Waals surface area contributed by atoms with Crippen molar-refractivity contribution in [2.24, 2.45) is 0 Å². The summed E-state index contributed by atoms with van der Waals surface area (Å²) in [7, 11) is 0. The average Bonchev–Trinajstić information content (AvgIpc) is 2.26. The number of ether oxygens (including phenoxy) is 1. The topological polar surface area (TPSA) is 9.23 Å². The molecule has 2 heteroatoms. The molecule has 0 saturated carbocycles. The molecule has 1 aromatic carbocycles. The largest absolute Gasteiger partial charge is 0.494 e. The lowest BCUT2D eigenvalue weighted by molar-refractivity contribution is 0.337. The minimum absolute atomic E-state index is 0.516. The van der Waals surface area contributed by atoms with Crippen LogP contribution in [0.3, 0.4) is 0 Å². The molecule has 1 unspecified atom stereocenters. The Labute approximate surface area is 110 Å². The average molecular weight is 255 g/mol. The van der Waals surface area contributed by atoms with Crippen molar-refractivity contribution < 1.29 is 4.74 Å². The smallest absolute Gasteiger partial charge is 0.122 e. The van der Waals surface area contributed by atoms with Crippen molar-refractivity contribution in [1.29, 1.82) is 0 Å². The van der Waals surface area contributed by atoms with Gasteiger partial charge in [0, 0.05) is 5.88 Å². The van der Waals surface area contributed by atoms with E-state index in [1.165, 1.54) is 22.3 Å². The molecule has 1 rings (SSSR count). The Morgan fingerprint density at radius 2 is 1.88 bits per heavy atom. The Morgan fingerprint density at radius 1 is 1.24 bits per heavy atom. The van der Waals surface area contributed by atoms with Gasteiger partial charge in [0.25, 0.3) is 0 Å². The van der Waals surface area contributed by atoms with Crippen LogP contribution in [0.5, 0.6) is 5.75 Å². The Morgan fingerprint density at radius 3 is 2.41 bits per heavy atom. The Hall–Kier alpha value is -0.690. The van der Waals surface area contributed by atoms with Crippen molar-refractivity contribution in [3.63, 3.8) is 0 Å². The van der Waals surface area contributed by atoms with Gasteiger partial charge in [0.05, 0.1) is 6.61 Å². The summed E-state index contributed by atoms with van der Waals surface area (Å²) >= 11 is 5.85. The monoisotopic (exact) mass is 254 g/mol. The first kappa shape index (κ1) is 14.4. The highest BCUT2D eigenvalue weighted by molar-refractivity contribution is 6.17. The van der Waals surface area contributed by atoms with Crippen LogP contribution < -0.4 is 4.74 Å². The fourth-order valence-corrected chi connectivity index (χ4v) is 2.76. The summed E-state index contributed by atoms with van der Waals surface area (Å²) in [4.78, 5) is 0. The SMILES string of the molecule is CCOc1cc(C)c(C(C)CCCl)c(C)c1C. The molecule has 1 nitrogen and oxygen atoms in total. The third kappa shape index (κ3) is 3.16. The van der Waals surface area contributed by atoms with E-state index in [1.54, 1.807) is 0 Å². The first-order chi connectivity index (χ1) is 8.02. The van der Waals surface area contributed by atoms with Gasteiger partial charge in [-0.05, 0) is 68.4 Å². The fourth-order valence-electron chi connectivity index (χ4n) is 2.44. The standard InChI is InChI=1S/C15H23ClO/c1-6-17-14-9-11(3)15(10(2)7-8-16)13(5)12(14)4/h9-10H,6-8H2,1-5H3. The molecule has 0 spiro atoms. The number of benzene rings is 1. The van der Waals surface area contributed by atoms with Crippen molar-refractivity contribution in [2.45, 2.75) is 47.0 Å². The molecular weight excluding hydrogens is 232 g/mol. The minimum Gasteiger partial charge on any atom is -0.494 e. The molecule has 0 aromatic heterocycles. The molecule has 0 bridgehead atoms. The normalized spacial score (nSPS) is 12.6. The van der Waals surface area contributed by atoms with E-state index in [0.717, 1.165) is 18.8 Å². The second-order valence-corrected chi connectivity index (χ2v) is 5.04. The van der Waals surface area contributed by atoms with Crippen molar-refractivity contribution in [1.82, 2.24) is 0 Å². The fraction of sp³-hybridized carbons (Fsp3) is 0.600. The van der Waals surface area contributed by atoms with Crippen LogP contribution in [-0.4, -0.2) is 12.5 Å². The van der Waals surface area contributed by atoms with Crippen LogP contribution in [0.4, 0.5) is 0 Å². The maximum atomic E-state index is 5.85. The molecule has 17 heavy (non-hydrogen) atoms. The summed E-state index contributed by atoms with van der Waals surface area (Å²) in [6.07, 6.45) is 1.02. The van der Waals surface area contributed by atoms with Crippen molar-refractivity contribution >= 4 is 11.6 Å². The number of hydrogen-bond acceptors (Lipinski definition) is 1. The van der Waals surface area contributed by atoms with E-state index < -0.39 is 0 Å². The molecular formula is C15H23ClO. The van der Waals surface area contributed by atoms with Gasteiger partial charge in [-0.15, -0.1) is 11.6 Å². The molecule has 1 atom stereocenters. The van der Waals surface area contributed by atoms with Crippen LogP contribution in [-0.2, 0) is 0 Å². The van der Waals surface area contributed by atoms with Crippen LogP contribution >= 0.6 is 11.6 Å². The van der Waals surface area contributed by atoms with Gasteiger partial charge in [0.1, 0.15) is 5.75 Å². The summed E-state index contributed by atoms with van der Waals surface area (Å²) < 4.78 is 5.67. The lowest BCUT2D eigenvalue weighted by Gasteiger charge is -2.21. The molecule has 0 N–H and O–H groups in total. The molecule has 0 saturated heterocycles. The summed E-state index contributed by atoms with van der Waals surface area (Å²) in [6.45, 7) is 11.5. The molecule has 0 aliphatic heterocycles. The number of rotatable bonds is 5. The highest BCUT2D eigenvalue weighted by Gasteiger charge is 2.15. The van der Waals surface area contributed by atoms with E-state index in [2.05, 4.69) is 33.8 Å². The van der Waals surface area contributed by atoms with Gasteiger partial charge in [-0.1, -0.05) is 6.92 Å². The maximum absolute atomic E-state index is 5.85. The van der Waals surface area contributed by atoms with E-state index in [-0.39, 0.29) is 0 Å². The number of halogens is 1. The van der Waals surface area contributed by atoms with Gasteiger partial charge in [0.2, 0.25) is 0 Å². The molecule has 1 aromatic rings. The molecule has 0 fully saturated rings. The number of alkyl halides is 1. The summed E-state index contributed by atoms with van der Waals surface area (Å²) in [6, 6.07) is 2.16. The van der Waals surface area contributed by atoms with Gasteiger partial charge in [-0.2, -0.15) is 0 Å². The highest BCUT2D eigenvalue weighted by atomic mass is 35.5. The predicted octanol–water partition coefficient (Wildman–Crippen LogP) is 4.74. The van der Waals surface area contributed by atoms with Crippen LogP contribution in [0.15, 0.2) is 6.07 Å². The molecule has 0 heterocycles. The lowest BCUT2D eigenvalue weighted by atomic mass is 9.87. The van der Waals surface area contributed by atoms with Crippen LogP contribution in [0.2, 0.25) is 0 Å². The quantitative estimate of drug-likeness (QED) is 0.690. The second-order valence-electron chi connectivity index (χ2n) is 4.67. The van der Waals surface area contributed by atoms with Gasteiger partial charge in [-0.25, -0.2) is 0 Å². The number of hydrogen-bond donors (Lipinski definition) is 0. The molecule has 0 aliphatic rings. The Balaban J connectivity index is 3.20. The summed E-state index contributed by atoms with van der Waals surface area (Å²) in [5.41, 5.74) is 5.36. The Kier molecular flexibility index (Phi) is 5.32. The van der Waals surface area contributed by atoms with Gasteiger partial charge < -0.3 is 4.74 Å². The van der Waals surface area contributed by atoms with Crippen LogP contribution in [0.25, 0.3) is 0 Å². The predicted molar refractivity (Wildman–Crippen MR) is 75.6 cm³/mol. The zero-order chi connectivity index (χ0) is 13.0. The van der Waals surface area contributed by atoms with E-state index in [0.29, 0.717) is 11.8 Å². The molecule has 0 aliphatic carbocycles. The molecule has 96 valence electrons. The molecule has 0 amide bonds. The maximum Gasteiger partial charge on any atom is 0.122 e. The van der Waals surface area contributed by atoms with Crippen molar-refractivity contribution in [3.05, 3.63) is 28.3 Å². The van der Waals surface area contributed by atoms with Crippen molar-refractivity contribution in [3.8, 4) is 5.75 Å². The summed E-state index contributed by atoms with van der Waals surface area (Å²) in [5, 5.41) is 0. The Bertz CT molecular complexity index is 385. The van der Waals surface area contributed by atoms with Crippen molar-refractivity contribution in [2.75, 3.05) is 12.5 Å². The van der Waals surface area contributed by atoms with Crippen LogP contribution in [0.1, 0.15) is 48.4 Å².